The quantitative estimate of drug-likeness (QED) is 0.174. The second kappa shape index (κ2) is 15.2. The number of rotatable bonds is 11. The van der Waals surface area contributed by atoms with E-state index in [0.29, 0.717) is 41.5 Å². The largest absolute Gasteiger partial charge is 0.494 e. The number of nitrogens with two attached hydrogens (primary N) is 1. The predicted octanol–water partition coefficient (Wildman–Crippen LogP) is 4.17. The topological polar surface area (TPSA) is 146 Å². The maximum absolute atomic E-state index is 13.8. The zero-order valence-electron chi connectivity index (χ0n) is 23.2. The highest BCUT2D eigenvalue weighted by Gasteiger charge is 2.24. The minimum atomic E-state index is -0.366. The van der Waals surface area contributed by atoms with Gasteiger partial charge in [-0.3, -0.25) is 19.4 Å². The Bertz CT molecular complexity index is 1390. The first kappa shape index (κ1) is 31.6. The molecule has 10 nitrogen and oxygen atoms in total. The molecule has 2 heterocycles. The summed E-state index contributed by atoms with van der Waals surface area (Å²) in [6.45, 7) is 2.01. The number of halogens is 1. The second-order valence-corrected chi connectivity index (χ2v) is 10.1. The number of ether oxygens (including phenoxy) is 1. The van der Waals surface area contributed by atoms with Crippen LogP contribution in [0.5, 0.6) is 5.75 Å². The van der Waals surface area contributed by atoms with Crippen LogP contribution in [-0.2, 0) is 11.8 Å². The predicted molar refractivity (Wildman–Crippen MR) is 160 cm³/mol. The summed E-state index contributed by atoms with van der Waals surface area (Å²) in [5.74, 6) is 0.945. The van der Waals surface area contributed by atoms with Gasteiger partial charge < -0.3 is 15.4 Å². The summed E-state index contributed by atoms with van der Waals surface area (Å²) < 4.78 is 7.49. The molecule has 0 bridgehead atoms. The van der Waals surface area contributed by atoms with E-state index in [0.717, 1.165) is 62.7 Å². The van der Waals surface area contributed by atoms with E-state index in [4.69, 9.17) is 20.7 Å². The van der Waals surface area contributed by atoms with Gasteiger partial charge in [-0.25, -0.2) is 10.5 Å². The van der Waals surface area contributed by atoms with Crippen molar-refractivity contribution in [1.29, 1.82) is 5.26 Å². The number of aromatic nitrogens is 2. The molecule has 0 spiro atoms. The van der Waals surface area contributed by atoms with Crippen molar-refractivity contribution in [1.82, 2.24) is 15.0 Å². The van der Waals surface area contributed by atoms with E-state index in [1.165, 1.54) is 0 Å². The minimum Gasteiger partial charge on any atom is -0.494 e. The molecule has 1 aliphatic rings. The van der Waals surface area contributed by atoms with Crippen molar-refractivity contribution in [3.63, 3.8) is 0 Å². The van der Waals surface area contributed by atoms with Gasteiger partial charge in [-0.1, -0.05) is 37.1 Å². The van der Waals surface area contributed by atoms with E-state index in [-0.39, 0.29) is 29.9 Å². The summed E-state index contributed by atoms with van der Waals surface area (Å²) in [5, 5.41) is 17.8. The molecular formula is C30H37ClN6O4. The summed E-state index contributed by atoms with van der Waals surface area (Å²) in [4.78, 5) is 32.0. The van der Waals surface area contributed by atoms with Gasteiger partial charge in [0.25, 0.3) is 5.56 Å². The van der Waals surface area contributed by atoms with E-state index < -0.39 is 0 Å². The summed E-state index contributed by atoms with van der Waals surface area (Å²) in [5.41, 5.74) is 10.7. The molecule has 0 radical (unpaired) electrons. The lowest BCUT2D eigenvalue weighted by molar-refractivity contribution is -0.129. The molecule has 3 aromatic rings. The first-order valence-electron chi connectivity index (χ1n) is 13.7. The van der Waals surface area contributed by atoms with Crippen LogP contribution in [0.15, 0.2) is 53.3 Å². The van der Waals surface area contributed by atoms with Gasteiger partial charge in [0.15, 0.2) is 0 Å². The third-order valence-corrected chi connectivity index (χ3v) is 7.21. The van der Waals surface area contributed by atoms with Gasteiger partial charge in [-0.05, 0) is 55.5 Å². The summed E-state index contributed by atoms with van der Waals surface area (Å²) in [7, 11) is 1.75. The van der Waals surface area contributed by atoms with Crippen LogP contribution >= 0.6 is 12.4 Å². The Morgan fingerprint density at radius 1 is 1.07 bits per heavy atom. The van der Waals surface area contributed by atoms with Crippen LogP contribution in [0, 0.1) is 11.3 Å². The Morgan fingerprint density at radius 3 is 2.34 bits per heavy atom. The van der Waals surface area contributed by atoms with Crippen molar-refractivity contribution in [2.75, 3.05) is 24.6 Å². The molecule has 2 aromatic carbocycles. The number of piperidine rings is 1. The number of unbranched alkanes of at least 4 members (excludes halogenated alkanes) is 3. The Hall–Kier alpha value is -3.91. The molecule has 1 amide bonds. The highest BCUT2D eigenvalue weighted by Crippen LogP contribution is 2.31. The average molecular weight is 581 g/mol. The number of carbonyl (C=O) groups is 1. The zero-order valence-corrected chi connectivity index (χ0v) is 24.0. The number of nitrogens with one attached hydrogen (secondary N) is 1. The number of nitrogens with zero attached hydrogens (tertiary/aromatic N) is 4. The number of amides is 1. The Kier molecular flexibility index (Phi) is 11.7. The lowest BCUT2D eigenvalue weighted by atomic mass is 9.99. The van der Waals surface area contributed by atoms with Crippen molar-refractivity contribution in [2.24, 2.45) is 12.8 Å². The number of hydrogen-bond acceptors (Lipinski definition) is 8. The van der Waals surface area contributed by atoms with Gasteiger partial charge in [0.2, 0.25) is 11.9 Å². The van der Waals surface area contributed by atoms with E-state index >= 15 is 0 Å². The third kappa shape index (κ3) is 8.07. The highest BCUT2D eigenvalue weighted by atomic mass is 35.5. The van der Waals surface area contributed by atoms with Crippen LogP contribution in [-0.4, -0.2) is 46.4 Å². The molecule has 4 N–H and O–H groups in total. The molecule has 41 heavy (non-hydrogen) atoms. The van der Waals surface area contributed by atoms with Crippen LogP contribution in [0.1, 0.15) is 50.5 Å². The Balaban J connectivity index is 0.00000462. The van der Waals surface area contributed by atoms with Crippen LogP contribution in [0.2, 0.25) is 0 Å². The Labute approximate surface area is 246 Å². The van der Waals surface area contributed by atoms with Gasteiger partial charge in [-0.15, -0.1) is 12.4 Å². The van der Waals surface area contributed by atoms with Gasteiger partial charge in [0.05, 0.1) is 29.5 Å². The standard InChI is InChI=1S/C30H36N6O4.ClH/c1-35-29(38)27(22-11-13-25(14-12-22)40-19-5-3-2-4-6-26(37)34-39)28(23-9-7-21(20-31)8-10-23)33-30(35)36-17-15-24(32)16-18-36;/h7-14,24,39H,2-6,15-19,32H2,1H3,(H,34,37);1H. The van der Waals surface area contributed by atoms with Gasteiger partial charge in [-0.2, -0.15) is 5.26 Å². The Morgan fingerprint density at radius 2 is 1.71 bits per heavy atom. The molecular weight excluding hydrogens is 544 g/mol. The van der Waals surface area contributed by atoms with E-state index in [2.05, 4.69) is 11.0 Å². The maximum atomic E-state index is 13.8. The first-order valence-corrected chi connectivity index (χ1v) is 13.7. The highest BCUT2D eigenvalue weighted by molar-refractivity contribution is 5.85. The van der Waals surface area contributed by atoms with E-state index in [1.807, 2.05) is 36.4 Å². The second-order valence-electron chi connectivity index (χ2n) is 10.1. The molecule has 11 heteroatoms. The molecule has 1 saturated heterocycles. The minimum absolute atomic E-state index is 0. The van der Waals surface area contributed by atoms with Crippen molar-refractivity contribution < 1.29 is 14.7 Å². The van der Waals surface area contributed by atoms with Crippen molar-refractivity contribution in [3.8, 4) is 34.2 Å². The summed E-state index contributed by atoms with van der Waals surface area (Å²) >= 11 is 0. The normalized spacial score (nSPS) is 13.3. The van der Waals surface area contributed by atoms with Crippen LogP contribution in [0.3, 0.4) is 0 Å². The fourth-order valence-corrected chi connectivity index (χ4v) is 4.85. The van der Waals surface area contributed by atoms with Crippen molar-refractivity contribution >= 4 is 24.3 Å². The lowest BCUT2D eigenvalue weighted by Crippen LogP contribution is -2.42. The van der Waals surface area contributed by atoms with Crippen LogP contribution in [0.4, 0.5) is 5.95 Å². The smallest absolute Gasteiger partial charge is 0.263 e. The molecule has 0 atom stereocenters. The average Bonchev–Trinajstić information content (AvgIpc) is 2.98. The molecule has 1 aromatic heterocycles. The number of benzene rings is 2. The molecule has 218 valence electrons. The molecule has 1 aliphatic heterocycles. The summed E-state index contributed by atoms with van der Waals surface area (Å²) in [6.07, 6.45) is 5.35. The van der Waals surface area contributed by atoms with E-state index in [1.54, 1.807) is 29.2 Å². The molecule has 0 aliphatic carbocycles. The van der Waals surface area contributed by atoms with Gasteiger partial charge >= 0.3 is 0 Å². The fourth-order valence-electron chi connectivity index (χ4n) is 4.85. The first-order chi connectivity index (χ1) is 19.4. The SMILES string of the molecule is Cl.Cn1c(N2CCC(N)CC2)nc(-c2ccc(C#N)cc2)c(-c2ccc(OCCCCCCC(=O)NO)cc2)c1=O. The van der Waals surface area contributed by atoms with Crippen LogP contribution in [0.25, 0.3) is 22.4 Å². The van der Waals surface area contributed by atoms with Crippen molar-refractivity contribution in [3.05, 3.63) is 64.4 Å². The molecule has 0 unspecified atom stereocenters. The maximum Gasteiger partial charge on any atom is 0.263 e. The van der Waals surface area contributed by atoms with Gasteiger partial charge in [0, 0.05) is 38.2 Å². The number of nitriles is 1. The van der Waals surface area contributed by atoms with Crippen molar-refractivity contribution in [2.45, 2.75) is 51.0 Å². The fraction of sp³-hybridized carbons (Fsp3) is 0.400. The van der Waals surface area contributed by atoms with Gasteiger partial charge in [0.1, 0.15) is 5.75 Å². The lowest BCUT2D eigenvalue weighted by Gasteiger charge is -2.32. The third-order valence-electron chi connectivity index (χ3n) is 7.21. The zero-order chi connectivity index (χ0) is 28.5. The van der Waals surface area contributed by atoms with Crippen LogP contribution < -0.4 is 26.4 Å². The number of hydrogen-bond donors (Lipinski definition) is 3. The molecule has 0 saturated carbocycles. The molecule has 4 rings (SSSR count). The monoisotopic (exact) mass is 580 g/mol. The number of hydroxylamine groups is 1. The molecule has 1 fully saturated rings. The van der Waals surface area contributed by atoms with E-state index in [9.17, 15) is 14.9 Å². The number of carbonyl (C=O) groups excluding carboxylic acids is 1. The number of anilines is 1. The summed E-state index contributed by atoms with van der Waals surface area (Å²) in [6, 6.07) is 16.9.